The summed E-state index contributed by atoms with van der Waals surface area (Å²) in [5, 5.41) is 2.15. The largest absolute Gasteiger partial charge is 0.320 e. The van der Waals surface area contributed by atoms with Crippen LogP contribution < -0.4 is 5.73 Å². The van der Waals surface area contributed by atoms with Crippen molar-refractivity contribution in [1.29, 1.82) is 0 Å². The fraction of sp³-hybridized carbons (Fsp3) is 0.231. The maximum absolute atomic E-state index is 6.30. The second-order valence-corrected chi connectivity index (χ2v) is 5.67. The molecular formula is C13H15NS2. The maximum atomic E-state index is 6.30. The summed E-state index contributed by atoms with van der Waals surface area (Å²) in [6.45, 7) is 2.11. The zero-order valence-corrected chi connectivity index (χ0v) is 11.1. The van der Waals surface area contributed by atoms with Gasteiger partial charge in [-0.15, -0.1) is 23.1 Å². The molecule has 84 valence electrons. The van der Waals surface area contributed by atoms with Gasteiger partial charge in [-0.05, 0) is 41.8 Å². The van der Waals surface area contributed by atoms with Crippen molar-refractivity contribution in [3.63, 3.8) is 0 Å². The van der Waals surface area contributed by atoms with Crippen molar-refractivity contribution < 1.29 is 0 Å². The van der Waals surface area contributed by atoms with Crippen LogP contribution in [0.4, 0.5) is 0 Å². The third-order valence-corrected chi connectivity index (χ3v) is 4.28. The van der Waals surface area contributed by atoms with E-state index in [-0.39, 0.29) is 6.04 Å². The third kappa shape index (κ3) is 2.32. The number of aryl methyl sites for hydroxylation is 1. The zero-order valence-electron chi connectivity index (χ0n) is 9.44. The number of thiophene rings is 1. The van der Waals surface area contributed by atoms with Crippen LogP contribution in [0.5, 0.6) is 0 Å². The first-order valence-electron chi connectivity index (χ1n) is 5.16. The molecule has 0 spiro atoms. The molecule has 1 aromatic heterocycles. The summed E-state index contributed by atoms with van der Waals surface area (Å²) >= 11 is 3.50. The van der Waals surface area contributed by atoms with Gasteiger partial charge in [0.2, 0.25) is 0 Å². The van der Waals surface area contributed by atoms with Crippen LogP contribution in [-0.2, 0) is 0 Å². The fourth-order valence-corrected chi connectivity index (χ4v) is 3.12. The summed E-state index contributed by atoms with van der Waals surface area (Å²) in [6, 6.07) is 10.5. The molecule has 3 heteroatoms. The molecule has 2 N–H and O–H groups in total. The van der Waals surface area contributed by atoms with Crippen LogP contribution in [0.15, 0.2) is 40.6 Å². The number of hydrogen-bond donors (Lipinski definition) is 1. The molecule has 1 aromatic carbocycles. The lowest BCUT2D eigenvalue weighted by Crippen LogP contribution is -2.11. The predicted octanol–water partition coefficient (Wildman–Crippen LogP) is 3.83. The topological polar surface area (TPSA) is 26.0 Å². The second-order valence-electron chi connectivity index (χ2n) is 3.71. The van der Waals surface area contributed by atoms with Crippen molar-refractivity contribution >= 4 is 23.1 Å². The Labute approximate surface area is 105 Å². The highest BCUT2D eigenvalue weighted by Gasteiger charge is 2.13. The smallest absolute Gasteiger partial charge is 0.0571 e. The second kappa shape index (κ2) is 5.04. The Morgan fingerprint density at radius 1 is 1.31 bits per heavy atom. The van der Waals surface area contributed by atoms with Gasteiger partial charge in [-0.25, -0.2) is 0 Å². The minimum Gasteiger partial charge on any atom is -0.320 e. The molecule has 0 radical (unpaired) electrons. The SMILES string of the molecule is CSc1ccccc1C(N)c1csc(C)c1. The van der Waals surface area contributed by atoms with Crippen molar-refractivity contribution in [1.82, 2.24) is 0 Å². The van der Waals surface area contributed by atoms with Gasteiger partial charge in [0.15, 0.2) is 0 Å². The van der Waals surface area contributed by atoms with E-state index in [0.717, 1.165) is 0 Å². The molecule has 0 bridgehead atoms. The Morgan fingerprint density at radius 2 is 2.06 bits per heavy atom. The van der Waals surface area contributed by atoms with Crippen molar-refractivity contribution in [3.05, 3.63) is 51.7 Å². The lowest BCUT2D eigenvalue weighted by Gasteiger charge is -2.14. The minimum atomic E-state index is -0.00593. The van der Waals surface area contributed by atoms with Crippen LogP contribution in [-0.4, -0.2) is 6.26 Å². The molecule has 1 nitrogen and oxygen atoms in total. The standard InChI is InChI=1S/C13H15NS2/c1-9-7-10(8-16-9)13(14)11-5-3-4-6-12(11)15-2/h3-8,13H,14H2,1-2H3. The number of rotatable bonds is 3. The van der Waals surface area contributed by atoms with Crippen molar-refractivity contribution in [3.8, 4) is 0 Å². The van der Waals surface area contributed by atoms with E-state index in [1.807, 2.05) is 6.07 Å². The average molecular weight is 249 g/mol. The molecule has 0 fully saturated rings. The molecule has 1 atom stereocenters. The highest BCUT2D eigenvalue weighted by atomic mass is 32.2. The molecule has 1 heterocycles. The highest BCUT2D eigenvalue weighted by Crippen LogP contribution is 2.30. The van der Waals surface area contributed by atoms with Gasteiger partial charge in [-0.1, -0.05) is 18.2 Å². The van der Waals surface area contributed by atoms with Crippen LogP contribution in [0.1, 0.15) is 22.0 Å². The number of thioether (sulfide) groups is 1. The maximum Gasteiger partial charge on any atom is 0.0571 e. The lowest BCUT2D eigenvalue weighted by molar-refractivity contribution is 0.852. The summed E-state index contributed by atoms with van der Waals surface area (Å²) in [5.41, 5.74) is 8.73. The van der Waals surface area contributed by atoms with E-state index in [1.54, 1.807) is 23.1 Å². The Bertz CT molecular complexity index is 476. The molecular weight excluding hydrogens is 234 g/mol. The Kier molecular flexibility index (Phi) is 3.69. The van der Waals surface area contributed by atoms with Crippen LogP contribution in [0.25, 0.3) is 0 Å². The first-order valence-corrected chi connectivity index (χ1v) is 7.26. The summed E-state index contributed by atoms with van der Waals surface area (Å²) in [6.07, 6.45) is 2.09. The summed E-state index contributed by atoms with van der Waals surface area (Å²) in [4.78, 5) is 2.57. The molecule has 0 aliphatic rings. The number of benzene rings is 1. The number of nitrogens with two attached hydrogens (primary N) is 1. The zero-order chi connectivity index (χ0) is 11.5. The molecule has 2 rings (SSSR count). The molecule has 1 unspecified atom stereocenters. The van der Waals surface area contributed by atoms with Crippen LogP contribution >= 0.6 is 23.1 Å². The van der Waals surface area contributed by atoms with E-state index in [2.05, 4.69) is 42.8 Å². The summed E-state index contributed by atoms with van der Waals surface area (Å²) in [5.74, 6) is 0. The molecule has 16 heavy (non-hydrogen) atoms. The van der Waals surface area contributed by atoms with Crippen molar-refractivity contribution in [2.75, 3.05) is 6.26 Å². The quantitative estimate of drug-likeness (QED) is 0.837. The first kappa shape index (κ1) is 11.7. The molecule has 0 saturated carbocycles. The van der Waals surface area contributed by atoms with E-state index in [1.165, 1.54) is 20.9 Å². The molecule has 0 amide bonds. The highest BCUT2D eigenvalue weighted by molar-refractivity contribution is 7.98. The normalized spacial score (nSPS) is 12.7. The summed E-state index contributed by atoms with van der Waals surface area (Å²) in [7, 11) is 0. The lowest BCUT2D eigenvalue weighted by atomic mass is 10.0. The predicted molar refractivity (Wildman–Crippen MR) is 73.3 cm³/mol. The molecule has 2 aromatic rings. The Morgan fingerprint density at radius 3 is 2.69 bits per heavy atom. The van der Waals surface area contributed by atoms with E-state index in [0.29, 0.717) is 0 Å². The van der Waals surface area contributed by atoms with E-state index >= 15 is 0 Å². The summed E-state index contributed by atoms with van der Waals surface area (Å²) < 4.78 is 0. The Balaban J connectivity index is 2.36. The van der Waals surface area contributed by atoms with E-state index in [4.69, 9.17) is 5.73 Å². The molecule has 0 aliphatic heterocycles. The van der Waals surface area contributed by atoms with Gasteiger partial charge in [0, 0.05) is 9.77 Å². The van der Waals surface area contributed by atoms with Gasteiger partial charge < -0.3 is 5.73 Å². The van der Waals surface area contributed by atoms with Gasteiger partial charge in [0.1, 0.15) is 0 Å². The van der Waals surface area contributed by atoms with Crippen molar-refractivity contribution in [2.24, 2.45) is 5.73 Å². The van der Waals surface area contributed by atoms with Gasteiger partial charge >= 0.3 is 0 Å². The monoisotopic (exact) mass is 249 g/mol. The molecule has 0 saturated heterocycles. The van der Waals surface area contributed by atoms with E-state index in [9.17, 15) is 0 Å². The van der Waals surface area contributed by atoms with Crippen LogP contribution in [0.3, 0.4) is 0 Å². The molecule has 0 aliphatic carbocycles. The van der Waals surface area contributed by atoms with Gasteiger partial charge in [0.05, 0.1) is 6.04 Å². The van der Waals surface area contributed by atoms with Crippen LogP contribution in [0.2, 0.25) is 0 Å². The first-order chi connectivity index (χ1) is 7.72. The number of hydrogen-bond acceptors (Lipinski definition) is 3. The average Bonchev–Trinajstić information content (AvgIpc) is 2.75. The van der Waals surface area contributed by atoms with Gasteiger partial charge in [-0.2, -0.15) is 0 Å². The fourth-order valence-electron chi connectivity index (χ4n) is 1.73. The minimum absolute atomic E-state index is 0.00593. The third-order valence-electron chi connectivity index (χ3n) is 2.58. The Hall–Kier alpha value is -0.770. The van der Waals surface area contributed by atoms with Crippen LogP contribution in [0, 0.1) is 6.92 Å². The van der Waals surface area contributed by atoms with Gasteiger partial charge in [-0.3, -0.25) is 0 Å². The van der Waals surface area contributed by atoms with Gasteiger partial charge in [0.25, 0.3) is 0 Å². The van der Waals surface area contributed by atoms with Crippen molar-refractivity contribution in [2.45, 2.75) is 17.9 Å². The van der Waals surface area contributed by atoms with E-state index < -0.39 is 0 Å².